The molecule has 0 spiro atoms. The number of nitrogens with zero attached hydrogens (tertiary/aromatic N) is 2. The van der Waals surface area contributed by atoms with Crippen LogP contribution in [0.3, 0.4) is 0 Å². The number of carbonyl (C=O) groups excluding carboxylic acids is 2. The first kappa shape index (κ1) is 36.0. The average Bonchev–Trinajstić information content (AvgIpc) is 2.58. The molecule has 1 atom stereocenters. The van der Waals surface area contributed by atoms with E-state index in [1.165, 1.54) is 6.20 Å². The minimum atomic E-state index is -0.422. The molecule has 13 heteroatoms. The molecule has 0 radical (unpaired) electrons. The van der Waals surface area contributed by atoms with Gasteiger partial charge in [-0.3, -0.25) is 19.2 Å². The van der Waals surface area contributed by atoms with E-state index in [9.17, 15) is 9.59 Å². The summed E-state index contributed by atoms with van der Waals surface area (Å²) in [5.41, 5.74) is 10.5. The van der Waals surface area contributed by atoms with Crippen LogP contribution in [0.5, 0.6) is 0 Å². The summed E-state index contributed by atoms with van der Waals surface area (Å²) in [6.45, 7) is 1.70. The molecule has 0 aliphatic carbocycles. The molecular formula is C14H28CdN4O8+2. The fraction of sp³-hybridized carbons (Fsp3) is 0.429. The molecule has 0 saturated carbocycles. The molecule has 0 aromatic heterocycles. The summed E-state index contributed by atoms with van der Waals surface area (Å²) < 4.78 is 0. The number of hydrogen-bond donors (Lipinski definition) is 4. The van der Waals surface area contributed by atoms with E-state index in [-0.39, 0.29) is 63.0 Å². The van der Waals surface area contributed by atoms with Gasteiger partial charge in [-0.25, -0.2) is 0 Å². The van der Waals surface area contributed by atoms with E-state index in [0.717, 1.165) is 19.4 Å². The van der Waals surface area contributed by atoms with Crippen molar-refractivity contribution in [2.24, 2.45) is 17.4 Å². The Hall–Kier alpha value is -2.04. The van der Waals surface area contributed by atoms with Crippen molar-refractivity contribution in [2.45, 2.75) is 12.8 Å². The first-order valence-electron chi connectivity index (χ1n) is 6.85. The van der Waals surface area contributed by atoms with Crippen LogP contribution in [0.15, 0.2) is 23.9 Å². The topological polar surface area (TPSA) is 255 Å². The van der Waals surface area contributed by atoms with Crippen LogP contribution in [-0.4, -0.2) is 54.6 Å². The molecule has 1 unspecified atom stereocenters. The second-order valence-electron chi connectivity index (χ2n) is 4.30. The summed E-state index contributed by atoms with van der Waals surface area (Å²) in [6, 6.07) is 0. The Morgan fingerprint density at radius 3 is 1.89 bits per heavy atom. The first-order valence-corrected chi connectivity index (χ1v) is 6.85. The Bertz CT molecular complexity index is 448. The predicted octanol–water partition coefficient (Wildman–Crippen LogP) is -1.89. The molecule has 0 aromatic rings. The third kappa shape index (κ3) is 24.0. The zero-order valence-corrected chi connectivity index (χ0v) is 19.0. The first-order chi connectivity index (χ1) is 11.4. The molecule has 27 heavy (non-hydrogen) atoms. The summed E-state index contributed by atoms with van der Waals surface area (Å²) in [7, 11) is 0. The summed E-state index contributed by atoms with van der Waals surface area (Å²) in [6.07, 6.45) is 6.91. The monoisotopic (exact) mass is 494 g/mol. The standard InChI is InChI=1S/C6H11N2O.C6H8N2O.2CH2O2.Cd.2H2O/c2*7-6(9)5-2-1-3-8-4-5;2*2-1-3;;;/h5H,1-4H2,(H2,7,9);1-2,4H,3H2,(H3,7,8,9);2*1H,(H,2,3);;2*1H2/q-1;;;;+2;;/p+1. The van der Waals surface area contributed by atoms with Gasteiger partial charge in [0.15, 0.2) is 0 Å². The maximum absolute atomic E-state index is 10.5. The van der Waals surface area contributed by atoms with Crippen molar-refractivity contribution >= 4 is 24.8 Å². The number of carboxylic acid groups (broad SMARTS) is 2. The fourth-order valence-electron chi connectivity index (χ4n) is 1.60. The number of primary amides is 2. The van der Waals surface area contributed by atoms with Crippen molar-refractivity contribution < 1.29 is 67.6 Å². The van der Waals surface area contributed by atoms with Crippen LogP contribution >= 0.6 is 0 Å². The van der Waals surface area contributed by atoms with Crippen molar-refractivity contribution in [3.63, 3.8) is 0 Å². The van der Waals surface area contributed by atoms with Crippen LogP contribution < -0.4 is 11.5 Å². The SMILES string of the molecule is NC(=O)C1=C[N-]CC=C1.NC(=O)C1CCC[N-]C1.O=CO.O=CO.[Cd+2].[OH3+].[OH3+]. The van der Waals surface area contributed by atoms with Gasteiger partial charge in [0, 0.05) is 11.5 Å². The largest absolute Gasteiger partial charge is 2.00 e. The van der Waals surface area contributed by atoms with Gasteiger partial charge >= 0.3 is 27.3 Å². The Kier molecular flexibility index (Phi) is 34.9. The van der Waals surface area contributed by atoms with Gasteiger partial charge < -0.3 is 43.3 Å². The summed E-state index contributed by atoms with van der Waals surface area (Å²) in [5, 5.41) is 21.7. The Morgan fingerprint density at radius 1 is 1.15 bits per heavy atom. The van der Waals surface area contributed by atoms with Gasteiger partial charge in [0.2, 0.25) is 11.8 Å². The van der Waals surface area contributed by atoms with Gasteiger partial charge in [0.25, 0.3) is 12.9 Å². The van der Waals surface area contributed by atoms with Crippen LogP contribution in [0, 0.1) is 5.92 Å². The molecule has 12 N–H and O–H groups in total. The normalized spacial score (nSPS) is 15.6. The van der Waals surface area contributed by atoms with Crippen LogP contribution in [0.2, 0.25) is 0 Å². The van der Waals surface area contributed by atoms with E-state index in [2.05, 4.69) is 10.6 Å². The number of nitrogens with two attached hydrogens (primary N) is 2. The Balaban J connectivity index is -0.0000000856. The van der Waals surface area contributed by atoms with Crippen LogP contribution in [-0.2, 0) is 57.4 Å². The minimum Gasteiger partial charge on any atom is -0.687 e. The average molecular weight is 493 g/mol. The Labute approximate surface area is 176 Å². The zero-order chi connectivity index (χ0) is 18.8. The molecule has 152 valence electrons. The molecule has 2 heterocycles. The smallest absolute Gasteiger partial charge is 0.687 e. The molecule has 0 aromatic carbocycles. The zero-order valence-electron chi connectivity index (χ0n) is 14.9. The van der Waals surface area contributed by atoms with Crippen LogP contribution in [0.4, 0.5) is 0 Å². The van der Waals surface area contributed by atoms with Crippen molar-refractivity contribution in [3.8, 4) is 0 Å². The van der Waals surface area contributed by atoms with Crippen molar-refractivity contribution in [1.29, 1.82) is 0 Å². The van der Waals surface area contributed by atoms with Gasteiger partial charge in [0.05, 0.1) is 0 Å². The number of carbonyl (C=O) groups is 4. The molecule has 1 fully saturated rings. The van der Waals surface area contributed by atoms with E-state index in [0.29, 0.717) is 18.7 Å². The summed E-state index contributed by atoms with van der Waals surface area (Å²) in [4.78, 5) is 37.6. The van der Waals surface area contributed by atoms with E-state index in [1.807, 2.05) is 0 Å². The molecular weight excluding hydrogens is 465 g/mol. The predicted molar refractivity (Wildman–Crippen MR) is 96.8 cm³/mol. The van der Waals surface area contributed by atoms with E-state index in [4.69, 9.17) is 31.3 Å². The molecule has 2 amide bonds. The third-order valence-corrected chi connectivity index (χ3v) is 2.64. The van der Waals surface area contributed by atoms with Crippen molar-refractivity contribution in [2.75, 3.05) is 19.6 Å². The maximum Gasteiger partial charge on any atom is 2.00 e. The second-order valence-corrected chi connectivity index (χ2v) is 4.30. The second kappa shape index (κ2) is 26.2. The third-order valence-electron chi connectivity index (χ3n) is 2.64. The summed E-state index contributed by atoms with van der Waals surface area (Å²) >= 11 is 0. The molecule has 2 rings (SSSR count). The maximum atomic E-state index is 10.5. The van der Waals surface area contributed by atoms with E-state index < -0.39 is 5.91 Å². The minimum absolute atomic E-state index is 0. The molecule has 2 aliphatic rings. The van der Waals surface area contributed by atoms with E-state index in [1.54, 1.807) is 12.2 Å². The quantitative estimate of drug-likeness (QED) is 0.194. The van der Waals surface area contributed by atoms with Crippen molar-refractivity contribution in [3.05, 3.63) is 34.6 Å². The molecule has 12 nitrogen and oxygen atoms in total. The van der Waals surface area contributed by atoms with Crippen LogP contribution in [0.1, 0.15) is 12.8 Å². The van der Waals surface area contributed by atoms with E-state index >= 15 is 0 Å². The Morgan fingerprint density at radius 2 is 1.67 bits per heavy atom. The van der Waals surface area contributed by atoms with Gasteiger partial charge in [-0.1, -0.05) is 12.5 Å². The summed E-state index contributed by atoms with van der Waals surface area (Å²) in [5.74, 6) is -0.591. The number of hydrogen-bond acceptors (Lipinski definition) is 4. The van der Waals surface area contributed by atoms with Gasteiger partial charge in [-0.2, -0.15) is 6.20 Å². The van der Waals surface area contributed by atoms with Gasteiger partial charge in [0.1, 0.15) is 0 Å². The van der Waals surface area contributed by atoms with Crippen molar-refractivity contribution in [1.82, 2.24) is 0 Å². The fourth-order valence-corrected chi connectivity index (χ4v) is 1.60. The van der Waals surface area contributed by atoms with Crippen LogP contribution in [0.25, 0.3) is 10.6 Å². The number of piperidine rings is 1. The molecule has 0 bridgehead atoms. The number of rotatable bonds is 2. The van der Waals surface area contributed by atoms with Gasteiger partial charge in [-0.15, -0.1) is 25.7 Å². The molecule has 2 aliphatic heterocycles. The number of amides is 2. The molecule has 1 saturated heterocycles. The van der Waals surface area contributed by atoms with Gasteiger partial charge in [-0.05, 0) is 6.42 Å².